The Morgan fingerprint density at radius 2 is 0.912 bits per heavy atom. The molecule has 4 aliphatic carbocycles. The molecule has 4 aromatic rings. The molecule has 4 bridgehead atoms. The number of hydrogen-bond acceptors (Lipinski definition) is 0. The molecule has 0 aliphatic heterocycles. The van der Waals surface area contributed by atoms with Crippen LogP contribution in [0.3, 0.4) is 0 Å². The van der Waals surface area contributed by atoms with Gasteiger partial charge in [0, 0.05) is 0 Å². The van der Waals surface area contributed by atoms with Crippen molar-refractivity contribution in [3.63, 3.8) is 0 Å². The minimum absolute atomic E-state index is 0.501. The molecule has 2 heterocycles. The van der Waals surface area contributed by atoms with Crippen LogP contribution in [0.25, 0.3) is 20.0 Å². The monoisotopic (exact) mass is 612 g/mol. The van der Waals surface area contributed by atoms with Crippen molar-refractivity contribution < 1.29 is 0 Å². The average molecular weight is 611 g/mol. The van der Waals surface area contributed by atoms with Crippen LogP contribution in [0.2, 0.25) is 39.3 Å². The van der Waals surface area contributed by atoms with Crippen molar-refractivity contribution in [1.29, 1.82) is 0 Å². The van der Waals surface area contributed by atoms with Crippen LogP contribution in [0.4, 0.5) is 0 Å². The first kappa shape index (κ1) is 24.6. The third-order valence-corrected chi connectivity index (χ3v) is 22.9. The molecule has 0 amide bonds. The van der Waals surface area contributed by atoms with E-state index in [1.54, 1.807) is 39.2 Å². The minimum atomic E-state index is -1.21. The van der Waals surface area contributed by atoms with Gasteiger partial charge in [-0.3, -0.25) is 0 Å². The summed E-state index contributed by atoms with van der Waals surface area (Å²) in [6.07, 6.45) is 4.52. The standard InChI is InChI=1S/C30H36Se2Si2/c1-33(2,3)29-17-15-27(31-29)25-19-21-7-11-23(25)13-9-22-8-12-24(14-10-21)26(20-22)28-16-18-30(32-28)34(4,5)6/h7-8,11-12,15-20H,9-10,13-14H2,1-6H3. The Kier molecular flexibility index (Phi) is 6.78. The molecule has 34 heavy (non-hydrogen) atoms. The zero-order valence-corrected chi connectivity index (χ0v) is 26.8. The Morgan fingerprint density at radius 3 is 1.26 bits per heavy atom. The van der Waals surface area contributed by atoms with Crippen LogP contribution < -0.4 is 8.12 Å². The first-order chi connectivity index (χ1) is 16.1. The van der Waals surface area contributed by atoms with Crippen molar-refractivity contribution in [1.82, 2.24) is 0 Å². The van der Waals surface area contributed by atoms with Crippen molar-refractivity contribution in [2.75, 3.05) is 0 Å². The summed E-state index contributed by atoms with van der Waals surface area (Å²) in [7, 11) is -2.42. The molecule has 0 unspecified atom stereocenters. The maximum absolute atomic E-state index is 2.54. The molecule has 2 aromatic carbocycles. The molecular weight excluding hydrogens is 574 g/mol. The van der Waals surface area contributed by atoms with E-state index in [1.807, 2.05) is 0 Å². The van der Waals surface area contributed by atoms with Crippen LogP contribution in [0.15, 0.2) is 60.7 Å². The van der Waals surface area contributed by atoms with Crippen LogP contribution in [0, 0.1) is 0 Å². The van der Waals surface area contributed by atoms with Gasteiger partial charge in [0.15, 0.2) is 0 Å². The molecule has 0 radical (unpaired) electrons. The van der Waals surface area contributed by atoms with Gasteiger partial charge < -0.3 is 0 Å². The van der Waals surface area contributed by atoms with Gasteiger partial charge in [-0.05, 0) is 0 Å². The van der Waals surface area contributed by atoms with Crippen LogP contribution >= 0.6 is 0 Å². The topological polar surface area (TPSA) is 0 Å². The van der Waals surface area contributed by atoms with Crippen molar-refractivity contribution >= 4 is 53.3 Å². The quantitative estimate of drug-likeness (QED) is 0.245. The molecule has 2 aromatic heterocycles. The van der Waals surface area contributed by atoms with Gasteiger partial charge in [0.05, 0.1) is 0 Å². The number of rotatable bonds is 4. The van der Waals surface area contributed by atoms with Crippen LogP contribution in [0.5, 0.6) is 0 Å². The first-order valence-corrected chi connectivity index (χ1v) is 23.0. The molecule has 0 nitrogen and oxygen atoms in total. The SMILES string of the molecule is C[Si](C)(C)c1ccc(-c2cc3ccc2CCc2ccc(c(-c4ccc([Si](C)(C)C)[se]4)c2)CC3)[se]1. The fraction of sp³-hybridized carbons (Fsp3) is 0.333. The van der Waals surface area contributed by atoms with Gasteiger partial charge in [0.2, 0.25) is 0 Å². The normalized spacial score (nSPS) is 14.3. The molecule has 0 N–H and O–H groups in total. The second-order valence-electron chi connectivity index (χ2n) is 11.8. The Morgan fingerprint density at radius 1 is 0.500 bits per heavy atom. The van der Waals surface area contributed by atoms with Gasteiger partial charge in [-0.2, -0.15) is 0 Å². The number of hydrogen-bond donors (Lipinski definition) is 0. The van der Waals surface area contributed by atoms with Gasteiger partial charge in [0.25, 0.3) is 0 Å². The van der Waals surface area contributed by atoms with Crippen LogP contribution in [-0.4, -0.2) is 45.2 Å². The third-order valence-electron chi connectivity index (χ3n) is 6.94. The number of aryl methyl sites for hydroxylation is 4. The summed E-state index contributed by atoms with van der Waals surface area (Å²) in [4.78, 5) is 0. The van der Waals surface area contributed by atoms with E-state index < -0.39 is 16.1 Å². The molecule has 0 atom stereocenters. The van der Waals surface area contributed by atoms with Gasteiger partial charge in [-0.15, -0.1) is 0 Å². The Hall–Kier alpha value is -1.13. The Balaban J connectivity index is 1.51. The van der Waals surface area contributed by atoms with E-state index in [2.05, 4.69) is 99.9 Å². The molecule has 0 spiro atoms. The second kappa shape index (κ2) is 9.39. The van der Waals surface area contributed by atoms with E-state index in [9.17, 15) is 0 Å². The van der Waals surface area contributed by atoms with E-state index in [4.69, 9.17) is 0 Å². The molecular formula is C30H36Se2Si2. The fourth-order valence-corrected chi connectivity index (χ4v) is 15.0. The van der Waals surface area contributed by atoms with Crippen molar-refractivity contribution in [3.8, 4) is 20.0 Å². The summed E-state index contributed by atoms with van der Waals surface area (Å²) in [5, 5.41) is 0. The van der Waals surface area contributed by atoms with Gasteiger partial charge >= 0.3 is 221 Å². The molecule has 0 saturated carbocycles. The summed E-state index contributed by atoms with van der Waals surface area (Å²) in [6, 6.07) is 24.6. The summed E-state index contributed by atoms with van der Waals surface area (Å²) in [5.41, 5.74) is 9.17. The summed E-state index contributed by atoms with van der Waals surface area (Å²) in [5.74, 6) is 0. The van der Waals surface area contributed by atoms with Crippen LogP contribution in [-0.2, 0) is 25.7 Å². The zero-order valence-electron chi connectivity index (χ0n) is 21.4. The molecule has 4 aliphatic rings. The molecule has 0 fully saturated rings. The predicted octanol–water partition coefficient (Wildman–Crippen LogP) is 6.11. The van der Waals surface area contributed by atoms with Crippen molar-refractivity contribution in [2.45, 2.75) is 65.0 Å². The summed E-state index contributed by atoms with van der Waals surface area (Å²) < 4.78 is 6.73. The van der Waals surface area contributed by atoms with Crippen molar-refractivity contribution in [2.24, 2.45) is 0 Å². The van der Waals surface area contributed by atoms with Crippen molar-refractivity contribution in [3.05, 3.63) is 82.9 Å². The van der Waals surface area contributed by atoms with E-state index in [0.717, 1.165) is 25.7 Å². The van der Waals surface area contributed by atoms with E-state index in [-0.39, 0.29) is 0 Å². The Bertz CT molecular complexity index is 1220. The molecule has 176 valence electrons. The first-order valence-electron chi connectivity index (χ1n) is 12.5. The molecule has 4 heteroatoms. The van der Waals surface area contributed by atoms with E-state index >= 15 is 0 Å². The van der Waals surface area contributed by atoms with Gasteiger partial charge in [-0.25, -0.2) is 0 Å². The third kappa shape index (κ3) is 5.19. The molecule has 0 saturated heterocycles. The summed E-state index contributed by atoms with van der Waals surface area (Å²) >= 11 is 1.00. The Labute approximate surface area is 220 Å². The summed E-state index contributed by atoms with van der Waals surface area (Å²) in [6.45, 7) is 14.9. The zero-order chi connectivity index (χ0) is 24.1. The van der Waals surface area contributed by atoms with E-state index in [1.165, 1.54) is 11.1 Å². The van der Waals surface area contributed by atoms with E-state index in [0.29, 0.717) is 29.0 Å². The second-order valence-corrected chi connectivity index (χ2v) is 28.1. The fourth-order valence-electron chi connectivity index (χ4n) is 4.78. The van der Waals surface area contributed by atoms with Gasteiger partial charge in [0.1, 0.15) is 0 Å². The number of benzene rings is 2. The maximum atomic E-state index is 2.54. The van der Waals surface area contributed by atoms with Crippen LogP contribution in [0.1, 0.15) is 22.3 Å². The average Bonchev–Trinajstić information content (AvgIpc) is 3.45. The van der Waals surface area contributed by atoms with Gasteiger partial charge in [-0.1, -0.05) is 0 Å². The molecule has 8 rings (SSSR count). The predicted molar refractivity (Wildman–Crippen MR) is 158 cm³/mol.